The maximum atomic E-state index is 11.3. The van der Waals surface area contributed by atoms with E-state index in [2.05, 4.69) is 20.9 Å². The van der Waals surface area contributed by atoms with E-state index in [1.54, 1.807) is 25.6 Å². The number of pyridine rings is 1. The summed E-state index contributed by atoms with van der Waals surface area (Å²) in [6, 6.07) is 3.56. The molecule has 0 atom stereocenters. The Morgan fingerprint density at radius 3 is 2.85 bits per heavy atom. The smallest absolute Gasteiger partial charge is 0.214 e. The van der Waals surface area contributed by atoms with Gasteiger partial charge in [-0.1, -0.05) is 15.9 Å². The highest BCUT2D eigenvalue weighted by Gasteiger charge is 2.08. The van der Waals surface area contributed by atoms with Crippen LogP contribution in [0.3, 0.4) is 0 Å². The number of halogens is 1. The topological polar surface area (TPSA) is 39.2 Å². The van der Waals surface area contributed by atoms with E-state index in [9.17, 15) is 4.57 Å². The third-order valence-electron chi connectivity index (χ3n) is 1.22. The summed E-state index contributed by atoms with van der Waals surface area (Å²) in [5, 5.41) is 0. The Balaban J connectivity index is 2.60. The molecule has 0 aliphatic rings. The average Bonchev–Trinajstić information content (AvgIpc) is 2.00. The minimum absolute atomic E-state index is 0.233. The van der Waals surface area contributed by atoms with Crippen LogP contribution in [-0.2, 0) is 4.57 Å². The first kappa shape index (κ1) is 10.7. The summed E-state index contributed by atoms with van der Waals surface area (Å²) < 4.78 is 17.5. The monoisotopic (exact) mass is 263 g/mol. The van der Waals surface area contributed by atoms with E-state index in [-0.39, 0.29) is 6.35 Å². The second-order valence-corrected chi connectivity index (χ2v) is 7.48. The molecular formula is C8H11BrNO2P. The van der Waals surface area contributed by atoms with Crippen LogP contribution in [0.25, 0.3) is 0 Å². The molecule has 13 heavy (non-hydrogen) atoms. The van der Waals surface area contributed by atoms with Gasteiger partial charge < -0.3 is 9.30 Å². The molecule has 0 aliphatic carbocycles. The number of nitrogens with zero attached hydrogens (tertiary/aromatic N) is 1. The second kappa shape index (κ2) is 4.25. The minimum atomic E-state index is -2.12. The molecule has 0 saturated carbocycles. The summed E-state index contributed by atoms with van der Waals surface area (Å²) in [6.07, 6.45) is 1.87. The fourth-order valence-electron chi connectivity index (χ4n) is 0.686. The largest absolute Gasteiger partial charge is 0.470 e. The molecule has 0 saturated heterocycles. The molecule has 0 amide bonds. The van der Waals surface area contributed by atoms with Crippen molar-refractivity contribution in [2.45, 2.75) is 0 Å². The van der Waals surface area contributed by atoms with Crippen LogP contribution in [0.5, 0.6) is 5.88 Å². The Morgan fingerprint density at radius 1 is 1.62 bits per heavy atom. The zero-order valence-electron chi connectivity index (χ0n) is 7.53. The van der Waals surface area contributed by atoms with Crippen molar-refractivity contribution in [3.8, 4) is 5.88 Å². The maximum Gasteiger partial charge on any atom is 0.214 e. The van der Waals surface area contributed by atoms with Gasteiger partial charge in [-0.15, -0.1) is 0 Å². The summed E-state index contributed by atoms with van der Waals surface area (Å²) in [5.41, 5.74) is 0. The SMILES string of the molecule is CP(C)(=O)COc1cc(Br)ccn1. The van der Waals surface area contributed by atoms with E-state index in [1.165, 1.54) is 0 Å². The van der Waals surface area contributed by atoms with Crippen LogP contribution in [0.1, 0.15) is 0 Å². The molecule has 0 bridgehead atoms. The Bertz CT molecular complexity index is 337. The summed E-state index contributed by atoms with van der Waals surface area (Å²) in [5.74, 6) is 0.498. The van der Waals surface area contributed by atoms with Gasteiger partial charge in [-0.3, -0.25) is 0 Å². The molecular weight excluding hydrogens is 253 g/mol. The molecule has 0 N–H and O–H groups in total. The molecule has 0 unspecified atom stereocenters. The molecule has 1 heterocycles. The lowest BCUT2D eigenvalue weighted by atomic mass is 10.5. The van der Waals surface area contributed by atoms with Gasteiger partial charge in [-0.05, 0) is 19.4 Å². The van der Waals surface area contributed by atoms with Crippen LogP contribution >= 0.6 is 23.1 Å². The molecule has 1 aromatic rings. The Labute approximate surface area is 86.0 Å². The van der Waals surface area contributed by atoms with Crippen molar-refractivity contribution < 1.29 is 9.30 Å². The van der Waals surface area contributed by atoms with Crippen molar-refractivity contribution in [2.75, 3.05) is 19.7 Å². The fraction of sp³-hybridized carbons (Fsp3) is 0.375. The van der Waals surface area contributed by atoms with E-state index in [0.29, 0.717) is 5.88 Å². The van der Waals surface area contributed by atoms with E-state index >= 15 is 0 Å². The zero-order chi connectivity index (χ0) is 9.90. The molecule has 5 heteroatoms. The molecule has 3 nitrogen and oxygen atoms in total. The number of hydrogen-bond acceptors (Lipinski definition) is 3. The van der Waals surface area contributed by atoms with Gasteiger partial charge in [-0.2, -0.15) is 0 Å². The molecule has 0 fully saturated rings. The highest BCUT2D eigenvalue weighted by molar-refractivity contribution is 9.10. The van der Waals surface area contributed by atoms with Gasteiger partial charge in [0.1, 0.15) is 13.5 Å². The zero-order valence-corrected chi connectivity index (χ0v) is 10.0. The van der Waals surface area contributed by atoms with Gasteiger partial charge in [0.2, 0.25) is 5.88 Å². The first-order valence-corrected chi connectivity index (χ1v) is 7.34. The Hall–Kier alpha value is -0.340. The van der Waals surface area contributed by atoms with Crippen molar-refractivity contribution in [1.82, 2.24) is 4.98 Å². The lowest BCUT2D eigenvalue weighted by molar-refractivity contribution is 0.363. The molecule has 72 valence electrons. The van der Waals surface area contributed by atoms with Crippen LogP contribution in [-0.4, -0.2) is 24.7 Å². The van der Waals surface area contributed by atoms with Crippen molar-refractivity contribution in [3.63, 3.8) is 0 Å². The van der Waals surface area contributed by atoms with Crippen molar-refractivity contribution in [3.05, 3.63) is 22.8 Å². The maximum absolute atomic E-state index is 11.3. The Kier molecular flexibility index (Phi) is 3.51. The summed E-state index contributed by atoms with van der Waals surface area (Å²) in [6.45, 7) is 3.37. The quantitative estimate of drug-likeness (QED) is 0.788. The fourth-order valence-corrected chi connectivity index (χ4v) is 1.44. The van der Waals surface area contributed by atoms with Crippen LogP contribution < -0.4 is 4.74 Å². The van der Waals surface area contributed by atoms with Gasteiger partial charge in [-0.25, -0.2) is 4.98 Å². The molecule has 1 rings (SSSR count). The van der Waals surface area contributed by atoms with Crippen molar-refractivity contribution in [1.29, 1.82) is 0 Å². The predicted octanol–water partition coefficient (Wildman–Crippen LogP) is 2.80. The lowest BCUT2D eigenvalue weighted by Gasteiger charge is -2.08. The summed E-state index contributed by atoms with van der Waals surface area (Å²) in [4.78, 5) is 3.97. The third kappa shape index (κ3) is 4.44. The number of rotatable bonds is 3. The molecule has 0 aliphatic heterocycles. The number of ether oxygens (including phenoxy) is 1. The minimum Gasteiger partial charge on any atom is -0.470 e. The van der Waals surface area contributed by atoms with Gasteiger partial charge in [0.15, 0.2) is 0 Å². The van der Waals surface area contributed by atoms with Crippen molar-refractivity contribution >= 4 is 23.1 Å². The highest BCUT2D eigenvalue weighted by atomic mass is 79.9. The molecule has 0 spiro atoms. The van der Waals surface area contributed by atoms with Crippen LogP contribution in [0.15, 0.2) is 22.8 Å². The molecule has 0 radical (unpaired) electrons. The number of aromatic nitrogens is 1. The van der Waals surface area contributed by atoms with Crippen LogP contribution in [0.2, 0.25) is 0 Å². The lowest BCUT2D eigenvalue weighted by Crippen LogP contribution is -1.98. The van der Waals surface area contributed by atoms with Crippen LogP contribution in [0.4, 0.5) is 0 Å². The average molecular weight is 264 g/mol. The van der Waals surface area contributed by atoms with Crippen LogP contribution in [0, 0.1) is 0 Å². The highest BCUT2D eigenvalue weighted by Crippen LogP contribution is 2.35. The summed E-state index contributed by atoms with van der Waals surface area (Å²) >= 11 is 3.29. The number of hydrogen-bond donors (Lipinski definition) is 0. The predicted molar refractivity (Wildman–Crippen MR) is 56.9 cm³/mol. The second-order valence-electron chi connectivity index (χ2n) is 3.16. The first-order chi connectivity index (χ1) is 5.97. The standard InChI is InChI=1S/C8H11BrNO2P/c1-13(2,11)6-12-8-5-7(9)3-4-10-8/h3-5H,6H2,1-2H3. The van der Waals surface area contributed by atoms with Gasteiger partial charge in [0.05, 0.1) is 0 Å². The van der Waals surface area contributed by atoms with Gasteiger partial charge >= 0.3 is 0 Å². The van der Waals surface area contributed by atoms with Gasteiger partial charge in [0, 0.05) is 16.7 Å². The van der Waals surface area contributed by atoms with Gasteiger partial charge in [0.25, 0.3) is 0 Å². The molecule has 0 aromatic carbocycles. The summed E-state index contributed by atoms with van der Waals surface area (Å²) in [7, 11) is -2.12. The third-order valence-corrected chi connectivity index (χ3v) is 2.46. The van der Waals surface area contributed by atoms with E-state index in [0.717, 1.165) is 4.47 Å². The van der Waals surface area contributed by atoms with E-state index in [4.69, 9.17) is 4.74 Å². The Morgan fingerprint density at radius 2 is 2.31 bits per heavy atom. The molecule has 1 aromatic heterocycles. The van der Waals surface area contributed by atoms with E-state index in [1.807, 2.05) is 6.07 Å². The first-order valence-electron chi connectivity index (χ1n) is 3.76. The normalized spacial score (nSPS) is 11.3. The van der Waals surface area contributed by atoms with Crippen molar-refractivity contribution in [2.24, 2.45) is 0 Å². The van der Waals surface area contributed by atoms with E-state index < -0.39 is 7.14 Å².